The number of hydrogen-bond donors (Lipinski definition) is 1. The van der Waals surface area contributed by atoms with Gasteiger partial charge in [0.25, 0.3) is 5.69 Å². The van der Waals surface area contributed by atoms with E-state index < -0.39 is 0 Å². The summed E-state index contributed by atoms with van der Waals surface area (Å²) >= 11 is 0. The van der Waals surface area contributed by atoms with E-state index in [1.54, 1.807) is 18.2 Å². The zero-order chi connectivity index (χ0) is 13.5. The van der Waals surface area contributed by atoms with Crippen LogP contribution in [0.15, 0.2) is 24.3 Å². The molecule has 19 heavy (non-hydrogen) atoms. The maximum Gasteiger partial charge on any atom is 0.269 e. The van der Waals surface area contributed by atoms with Gasteiger partial charge in [-0.15, -0.1) is 0 Å². The highest BCUT2D eigenvalue weighted by Gasteiger charge is 2.53. The summed E-state index contributed by atoms with van der Waals surface area (Å²) in [6.07, 6.45) is 5.50. The minimum absolute atomic E-state index is 0.175. The number of nitrogens with one attached hydrogen (secondary N) is 1. The fourth-order valence-electron chi connectivity index (χ4n) is 2.97. The molecule has 2 saturated carbocycles. The monoisotopic (exact) mass is 260 g/mol. The first-order chi connectivity index (χ1) is 9.11. The summed E-state index contributed by atoms with van der Waals surface area (Å²) in [5.74, 6) is 0.942. The van der Waals surface area contributed by atoms with Crippen molar-refractivity contribution in [3.8, 4) is 0 Å². The van der Waals surface area contributed by atoms with Crippen molar-refractivity contribution in [2.75, 3.05) is 6.54 Å². The molecule has 2 fully saturated rings. The molecule has 0 amide bonds. The fourth-order valence-corrected chi connectivity index (χ4v) is 2.97. The lowest BCUT2D eigenvalue weighted by atomic mass is 9.99. The Hall–Kier alpha value is -1.42. The third-order valence-electron chi connectivity index (χ3n) is 4.68. The van der Waals surface area contributed by atoms with Crippen molar-refractivity contribution >= 4 is 5.69 Å². The standard InChI is InChI=1S/C15H20N2O2/c1-11(12-3-2-4-14(9-12)17(18)19)16-10-15(7-8-15)13-5-6-13/h2-4,9,11,13,16H,5-8,10H2,1H3. The van der Waals surface area contributed by atoms with E-state index in [2.05, 4.69) is 12.2 Å². The molecule has 1 N–H and O–H groups in total. The zero-order valence-electron chi connectivity index (χ0n) is 11.3. The lowest BCUT2D eigenvalue weighted by Gasteiger charge is -2.20. The maximum atomic E-state index is 10.8. The van der Waals surface area contributed by atoms with Crippen LogP contribution in [0.25, 0.3) is 0 Å². The number of non-ortho nitro benzene ring substituents is 1. The smallest absolute Gasteiger partial charge is 0.269 e. The third-order valence-corrected chi connectivity index (χ3v) is 4.68. The van der Waals surface area contributed by atoms with E-state index in [4.69, 9.17) is 0 Å². The molecule has 1 atom stereocenters. The topological polar surface area (TPSA) is 55.2 Å². The highest BCUT2D eigenvalue weighted by Crippen LogP contribution is 2.60. The molecule has 4 heteroatoms. The maximum absolute atomic E-state index is 10.8. The van der Waals surface area contributed by atoms with Crippen molar-refractivity contribution in [2.45, 2.75) is 38.6 Å². The average Bonchev–Trinajstić information content (AvgIpc) is 3.28. The Morgan fingerprint density at radius 2 is 2.21 bits per heavy atom. The number of rotatable bonds is 6. The number of nitrogens with zero attached hydrogens (tertiary/aromatic N) is 1. The minimum Gasteiger partial charge on any atom is -0.310 e. The summed E-state index contributed by atoms with van der Waals surface area (Å²) in [7, 11) is 0. The van der Waals surface area contributed by atoms with E-state index in [1.165, 1.54) is 25.7 Å². The van der Waals surface area contributed by atoms with Crippen LogP contribution in [-0.4, -0.2) is 11.5 Å². The van der Waals surface area contributed by atoms with Gasteiger partial charge in [-0.2, -0.15) is 0 Å². The van der Waals surface area contributed by atoms with E-state index in [1.807, 2.05) is 6.07 Å². The molecular formula is C15H20N2O2. The SMILES string of the molecule is CC(NCC1(C2CC2)CC1)c1cccc([N+](=O)[O-])c1. The van der Waals surface area contributed by atoms with Gasteiger partial charge in [0.2, 0.25) is 0 Å². The highest BCUT2D eigenvalue weighted by molar-refractivity contribution is 5.35. The summed E-state index contributed by atoms with van der Waals surface area (Å²) in [4.78, 5) is 10.5. The molecule has 1 unspecified atom stereocenters. The lowest BCUT2D eigenvalue weighted by molar-refractivity contribution is -0.384. The van der Waals surface area contributed by atoms with E-state index >= 15 is 0 Å². The Bertz CT molecular complexity index is 493. The van der Waals surface area contributed by atoms with Crippen LogP contribution in [0.3, 0.4) is 0 Å². The van der Waals surface area contributed by atoms with Crippen LogP contribution < -0.4 is 5.32 Å². The molecule has 0 radical (unpaired) electrons. The molecule has 3 rings (SSSR count). The van der Waals surface area contributed by atoms with Crippen molar-refractivity contribution in [2.24, 2.45) is 11.3 Å². The van der Waals surface area contributed by atoms with Crippen LogP contribution in [0, 0.1) is 21.4 Å². The van der Waals surface area contributed by atoms with Gasteiger partial charge in [0, 0.05) is 24.7 Å². The van der Waals surface area contributed by atoms with Crippen LogP contribution in [0.5, 0.6) is 0 Å². The largest absolute Gasteiger partial charge is 0.310 e. The lowest BCUT2D eigenvalue weighted by Crippen LogP contribution is -2.28. The number of nitro benzene ring substituents is 1. The molecule has 0 heterocycles. The molecule has 0 bridgehead atoms. The quantitative estimate of drug-likeness (QED) is 0.629. The molecule has 4 nitrogen and oxygen atoms in total. The summed E-state index contributed by atoms with van der Waals surface area (Å²) in [5, 5.41) is 14.4. The Morgan fingerprint density at radius 1 is 1.47 bits per heavy atom. The second-order valence-electron chi connectivity index (χ2n) is 6.09. The van der Waals surface area contributed by atoms with E-state index in [9.17, 15) is 10.1 Å². The Morgan fingerprint density at radius 3 is 2.79 bits per heavy atom. The normalized spacial score (nSPS) is 21.9. The molecule has 0 aliphatic heterocycles. The molecule has 2 aliphatic carbocycles. The second kappa shape index (κ2) is 4.60. The molecule has 1 aromatic carbocycles. The number of hydrogen-bond acceptors (Lipinski definition) is 3. The van der Waals surface area contributed by atoms with Gasteiger partial charge >= 0.3 is 0 Å². The van der Waals surface area contributed by atoms with Gasteiger partial charge in [-0.05, 0) is 49.5 Å². The molecule has 2 aliphatic rings. The van der Waals surface area contributed by atoms with Crippen molar-refractivity contribution < 1.29 is 4.92 Å². The van der Waals surface area contributed by atoms with Crippen molar-refractivity contribution in [1.82, 2.24) is 5.32 Å². The average molecular weight is 260 g/mol. The van der Waals surface area contributed by atoms with Gasteiger partial charge in [-0.25, -0.2) is 0 Å². The Kier molecular flexibility index (Phi) is 3.05. The van der Waals surface area contributed by atoms with Crippen LogP contribution in [-0.2, 0) is 0 Å². The van der Waals surface area contributed by atoms with Gasteiger partial charge in [0.05, 0.1) is 4.92 Å². The predicted molar refractivity (Wildman–Crippen MR) is 73.9 cm³/mol. The third kappa shape index (κ3) is 2.63. The van der Waals surface area contributed by atoms with E-state index in [0.717, 1.165) is 18.0 Å². The summed E-state index contributed by atoms with van der Waals surface area (Å²) in [5.41, 5.74) is 1.74. The first kappa shape index (κ1) is 12.6. The van der Waals surface area contributed by atoms with Crippen molar-refractivity contribution in [1.29, 1.82) is 0 Å². The zero-order valence-corrected chi connectivity index (χ0v) is 11.3. The molecule has 0 spiro atoms. The van der Waals surface area contributed by atoms with Gasteiger partial charge < -0.3 is 5.32 Å². The minimum atomic E-state index is -0.331. The Labute approximate surface area is 113 Å². The second-order valence-corrected chi connectivity index (χ2v) is 6.09. The van der Waals surface area contributed by atoms with Gasteiger partial charge in [-0.1, -0.05) is 12.1 Å². The summed E-state index contributed by atoms with van der Waals surface area (Å²) in [6.45, 7) is 3.14. The Balaban J connectivity index is 1.62. The van der Waals surface area contributed by atoms with Gasteiger partial charge in [-0.3, -0.25) is 10.1 Å². The molecule has 0 aromatic heterocycles. The van der Waals surface area contributed by atoms with Crippen LogP contribution in [0.1, 0.15) is 44.2 Å². The molecule has 1 aromatic rings. The van der Waals surface area contributed by atoms with E-state index in [0.29, 0.717) is 5.41 Å². The number of benzene rings is 1. The van der Waals surface area contributed by atoms with Crippen molar-refractivity contribution in [3.05, 3.63) is 39.9 Å². The van der Waals surface area contributed by atoms with Crippen LogP contribution >= 0.6 is 0 Å². The predicted octanol–water partition coefficient (Wildman–Crippen LogP) is 3.44. The molecule has 0 saturated heterocycles. The first-order valence-corrected chi connectivity index (χ1v) is 7.08. The molecular weight excluding hydrogens is 240 g/mol. The number of nitro groups is 1. The highest BCUT2D eigenvalue weighted by atomic mass is 16.6. The van der Waals surface area contributed by atoms with Gasteiger partial charge in [0.15, 0.2) is 0 Å². The first-order valence-electron chi connectivity index (χ1n) is 7.08. The summed E-state index contributed by atoms with van der Waals surface area (Å²) in [6, 6.07) is 7.12. The molecule has 102 valence electrons. The summed E-state index contributed by atoms with van der Waals surface area (Å²) < 4.78 is 0. The van der Waals surface area contributed by atoms with Crippen molar-refractivity contribution in [3.63, 3.8) is 0 Å². The van der Waals surface area contributed by atoms with Gasteiger partial charge in [0.1, 0.15) is 0 Å². The van der Waals surface area contributed by atoms with E-state index in [-0.39, 0.29) is 16.7 Å². The fraction of sp³-hybridized carbons (Fsp3) is 0.600. The van der Waals surface area contributed by atoms with Crippen LogP contribution in [0.2, 0.25) is 0 Å². The van der Waals surface area contributed by atoms with Crippen LogP contribution in [0.4, 0.5) is 5.69 Å².